The molecule has 0 bridgehead atoms. The topological polar surface area (TPSA) is 52.0 Å². The predicted molar refractivity (Wildman–Crippen MR) is 193 cm³/mol. The molecule has 0 aliphatic rings. The van der Waals surface area contributed by atoms with Crippen molar-refractivity contribution in [1.82, 2.24) is 0 Å². The van der Waals surface area contributed by atoms with Crippen molar-refractivity contribution in [1.29, 1.82) is 0 Å². The summed E-state index contributed by atoms with van der Waals surface area (Å²) in [5.74, 6) is 0. The second kappa shape index (κ2) is 18.3. The van der Waals surface area contributed by atoms with Gasteiger partial charge in [-0.3, -0.25) is 0 Å². The van der Waals surface area contributed by atoms with E-state index in [2.05, 4.69) is 74.5 Å². The van der Waals surface area contributed by atoms with E-state index >= 15 is 0 Å². The van der Waals surface area contributed by atoms with Gasteiger partial charge in [0.25, 0.3) is 0 Å². The highest BCUT2D eigenvalue weighted by atomic mass is 14.5. The van der Waals surface area contributed by atoms with Crippen LogP contribution in [0.1, 0.15) is 123 Å². The Balaban J connectivity index is 1.20. The first-order valence-electron chi connectivity index (χ1n) is 17.4. The standard InChI is InChI=1S/C42H56N2/c1-3-5-13-39-31-35(29-33-19-25-41(43)26-20-33)17-23-37(39)15-11-9-7-8-10-12-16-38-24-18-36(32-40(38)14-6-4-2)30-34-21-27-42(44)28-22-34/h17-28,31-32H,3-16,29-30,43-44H2,1-2H3. The van der Waals surface area contributed by atoms with Crippen molar-refractivity contribution in [2.24, 2.45) is 0 Å². The van der Waals surface area contributed by atoms with Crippen molar-refractivity contribution >= 4 is 11.4 Å². The molecule has 0 saturated heterocycles. The highest BCUT2D eigenvalue weighted by molar-refractivity contribution is 5.43. The van der Waals surface area contributed by atoms with Gasteiger partial charge in [0.05, 0.1) is 0 Å². The van der Waals surface area contributed by atoms with Crippen molar-refractivity contribution in [2.45, 2.75) is 117 Å². The van der Waals surface area contributed by atoms with Gasteiger partial charge in [0.2, 0.25) is 0 Å². The van der Waals surface area contributed by atoms with Crippen molar-refractivity contribution in [3.63, 3.8) is 0 Å². The summed E-state index contributed by atoms with van der Waals surface area (Å²) in [6.07, 6.45) is 19.8. The van der Waals surface area contributed by atoms with Gasteiger partial charge < -0.3 is 11.5 Å². The van der Waals surface area contributed by atoms with E-state index in [1.165, 1.54) is 112 Å². The summed E-state index contributed by atoms with van der Waals surface area (Å²) in [6, 6.07) is 31.1. The van der Waals surface area contributed by atoms with Crippen LogP contribution in [-0.4, -0.2) is 0 Å². The Hall–Kier alpha value is -3.52. The predicted octanol–water partition coefficient (Wildman–Crippen LogP) is 10.8. The van der Waals surface area contributed by atoms with Gasteiger partial charge in [-0.2, -0.15) is 0 Å². The molecule has 0 fully saturated rings. The number of benzene rings is 4. The van der Waals surface area contributed by atoms with Crippen LogP contribution < -0.4 is 11.5 Å². The van der Waals surface area contributed by atoms with E-state index < -0.39 is 0 Å². The Kier molecular flexibility index (Phi) is 13.9. The average Bonchev–Trinajstić information content (AvgIpc) is 3.03. The van der Waals surface area contributed by atoms with Gasteiger partial charge in [-0.1, -0.05) is 113 Å². The molecule has 44 heavy (non-hydrogen) atoms. The summed E-state index contributed by atoms with van der Waals surface area (Å²) < 4.78 is 0. The lowest BCUT2D eigenvalue weighted by Gasteiger charge is -2.13. The van der Waals surface area contributed by atoms with Gasteiger partial charge in [0.1, 0.15) is 0 Å². The van der Waals surface area contributed by atoms with Crippen LogP contribution in [-0.2, 0) is 38.5 Å². The average molecular weight is 589 g/mol. The fraction of sp³-hybridized carbons (Fsp3) is 0.429. The molecular formula is C42H56N2. The molecule has 0 spiro atoms. The Bertz CT molecular complexity index is 1280. The molecule has 0 atom stereocenters. The van der Waals surface area contributed by atoms with Gasteiger partial charge in [-0.15, -0.1) is 0 Å². The Labute approximate surface area is 268 Å². The summed E-state index contributed by atoms with van der Waals surface area (Å²) in [7, 11) is 0. The molecule has 0 unspecified atom stereocenters. The van der Waals surface area contributed by atoms with E-state index in [9.17, 15) is 0 Å². The molecule has 0 amide bonds. The number of rotatable bonds is 19. The van der Waals surface area contributed by atoms with Gasteiger partial charge in [0.15, 0.2) is 0 Å². The van der Waals surface area contributed by atoms with Gasteiger partial charge in [-0.25, -0.2) is 0 Å². The van der Waals surface area contributed by atoms with E-state index in [1.54, 1.807) is 22.3 Å². The lowest BCUT2D eigenvalue weighted by Crippen LogP contribution is -1.99. The number of aryl methyl sites for hydroxylation is 4. The van der Waals surface area contributed by atoms with Crippen LogP contribution in [0.2, 0.25) is 0 Å². The number of hydrogen-bond acceptors (Lipinski definition) is 2. The Morgan fingerprint density at radius 1 is 0.364 bits per heavy atom. The maximum absolute atomic E-state index is 5.88. The third-order valence-electron chi connectivity index (χ3n) is 9.06. The fourth-order valence-corrected chi connectivity index (χ4v) is 6.35. The highest BCUT2D eigenvalue weighted by Gasteiger charge is 2.08. The molecule has 234 valence electrons. The molecule has 0 aromatic heterocycles. The van der Waals surface area contributed by atoms with Gasteiger partial charge >= 0.3 is 0 Å². The maximum atomic E-state index is 5.88. The van der Waals surface area contributed by atoms with Crippen LogP contribution in [0, 0.1) is 0 Å². The summed E-state index contributed by atoms with van der Waals surface area (Å²) >= 11 is 0. The molecule has 4 rings (SSSR count). The lowest BCUT2D eigenvalue weighted by molar-refractivity contribution is 0.591. The van der Waals surface area contributed by atoms with E-state index in [0.29, 0.717) is 0 Å². The number of unbranched alkanes of at least 4 members (excludes halogenated alkanes) is 7. The number of nitrogens with two attached hydrogens (primary N) is 2. The molecule has 4 N–H and O–H groups in total. The van der Waals surface area contributed by atoms with Crippen LogP contribution in [0.5, 0.6) is 0 Å². The van der Waals surface area contributed by atoms with Crippen molar-refractivity contribution in [3.05, 3.63) is 129 Å². The van der Waals surface area contributed by atoms with E-state index in [0.717, 1.165) is 24.2 Å². The highest BCUT2D eigenvalue weighted by Crippen LogP contribution is 2.23. The lowest BCUT2D eigenvalue weighted by atomic mass is 9.92. The van der Waals surface area contributed by atoms with E-state index in [-0.39, 0.29) is 0 Å². The minimum absolute atomic E-state index is 0.834. The Morgan fingerprint density at radius 2 is 0.705 bits per heavy atom. The summed E-state index contributed by atoms with van der Waals surface area (Å²) in [4.78, 5) is 0. The molecule has 2 nitrogen and oxygen atoms in total. The minimum Gasteiger partial charge on any atom is -0.399 e. The molecular weight excluding hydrogens is 532 g/mol. The first-order valence-corrected chi connectivity index (χ1v) is 17.4. The fourth-order valence-electron chi connectivity index (χ4n) is 6.35. The van der Waals surface area contributed by atoms with Crippen LogP contribution >= 0.6 is 0 Å². The number of nitrogen functional groups attached to an aromatic ring is 2. The summed E-state index contributed by atoms with van der Waals surface area (Å²) in [6.45, 7) is 4.59. The second-order valence-electron chi connectivity index (χ2n) is 12.9. The SMILES string of the molecule is CCCCc1cc(Cc2ccc(N)cc2)ccc1CCCCCCCCc1ccc(Cc2ccc(N)cc2)cc1CCCC. The smallest absolute Gasteiger partial charge is 0.0314 e. The maximum Gasteiger partial charge on any atom is 0.0314 e. The summed E-state index contributed by atoms with van der Waals surface area (Å²) in [5, 5.41) is 0. The van der Waals surface area contributed by atoms with Crippen molar-refractivity contribution in [3.8, 4) is 0 Å². The van der Waals surface area contributed by atoms with Crippen LogP contribution in [0.3, 0.4) is 0 Å². The molecule has 0 radical (unpaired) electrons. The Morgan fingerprint density at radius 3 is 1.09 bits per heavy atom. The summed E-state index contributed by atoms with van der Waals surface area (Å²) in [5.41, 5.74) is 25.2. The van der Waals surface area contributed by atoms with Crippen LogP contribution in [0.15, 0.2) is 84.9 Å². The third-order valence-corrected chi connectivity index (χ3v) is 9.06. The molecule has 0 aliphatic carbocycles. The first-order chi connectivity index (χ1) is 21.5. The molecule has 4 aromatic rings. The number of hydrogen-bond donors (Lipinski definition) is 2. The van der Waals surface area contributed by atoms with Crippen LogP contribution in [0.4, 0.5) is 11.4 Å². The quantitative estimate of drug-likeness (QED) is 0.0845. The first kappa shape index (κ1) is 33.4. The van der Waals surface area contributed by atoms with Crippen molar-refractivity contribution in [2.75, 3.05) is 11.5 Å². The minimum atomic E-state index is 0.834. The largest absolute Gasteiger partial charge is 0.399 e. The monoisotopic (exact) mass is 588 g/mol. The van der Waals surface area contributed by atoms with Gasteiger partial charge in [0, 0.05) is 11.4 Å². The zero-order valence-corrected chi connectivity index (χ0v) is 27.6. The van der Waals surface area contributed by atoms with Crippen LogP contribution in [0.25, 0.3) is 0 Å². The van der Waals surface area contributed by atoms with E-state index in [1.807, 2.05) is 24.3 Å². The molecule has 0 heterocycles. The van der Waals surface area contributed by atoms with E-state index in [4.69, 9.17) is 11.5 Å². The van der Waals surface area contributed by atoms with Crippen molar-refractivity contribution < 1.29 is 0 Å². The van der Waals surface area contributed by atoms with Gasteiger partial charge in [-0.05, 0) is 133 Å². The molecule has 2 heteroatoms. The third kappa shape index (κ3) is 11.2. The zero-order valence-electron chi connectivity index (χ0n) is 27.6. The molecule has 4 aromatic carbocycles. The number of anilines is 2. The molecule has 0 aliphatic heterocycles. The zero-order chi connectivity index (χ0) is 31.0. The second-order valence-corrected chi connectivity index (χ2v) is 12.9. The normalized spacial score (nSPS) is 11.2. The molecule has 0 saturated carbocycles.